The summed E-state index contributed by atoms with van der Waals surface area (Å²) in [7, 11) is -10.3. The first-order valence-corrected chi connectivity index (χ1v) is 12.2. The molecule has 0 saturated carbocycles. The highest BCUT2D eigenvalue weighted by molar-refractivity contribution is 7.60. The van der Waals surface area contributed by atoms with Crippen LogP contribution >= 0.6 is 27.0 Å². The van der Waals surface area contributed by atoms with E-state index in [1.165, 1.54) is 11.3 Å². The molecule has 0 aromatic carbocycles. The summed E-state index contributed by atoms with van der Waals surface area (Å²) in [5.74, 6) is -0.00847. The molecular formula is C14H21N4O9P2S+. The summed E-state index contributed by atoms with van der Waals surface area (Å²) >= 11 is 1.45. The molecule has 2 aromatic heterocycles. The van der Waals surface area contributed by atoms with Gasteiger partial charge in [-0.15, -0.1) is 0 Å². The number of anilines is 1. The molecule has 30 heavy (non-hydrogen) atoms. The number of hydrogen-bond donors (Lipinski definition) is 4. The molecule has 1 atom stereocenters. The van der Waals surface area contributed by atoms with Crippen LogP contribution in [0.4, 0.5) is 5.82 Å². The van der Waals surface area contributed by atoms with Gasteiger partial charge in [-0.25, -0.2) is 23.9 Å². The third-order valence-corrected chi connectivity index (χ3v) is 6.94. The van der Waals surface area contributed by atoms with Crippen molar-refractivity contribution in [2.24, 2.45) is 0 Å². The van der Waals surface area contributed by atoms with Crippen LogP contribution in [0.1, 0.15) is 22.0 Å². The van der Waals surface area contributed by atoms with Crippen LogP contribution in [-0.2, 0) is 40.5 Å². The van der Waals surface area contributed by atoms with Crippen LogP contribution in [-0.4, -0.2) is 43.8 Å². The highest BCUT2D eigenvalue weighted by Crippen LogP contribution is 2.57. The van der Waals surface area contributed by atoms with Gasteiger partial charge >= 0.3 is 21.6 Å². The van der Waals surface area contributed by atoms with E-state index < -0.39 is 28.2 Å². The number of nitrogens with two attached hydrogens (primary N) is 1. The number of hydrogen-bond acceptors (Lipinski definition) is 10. The van der Waals surface area contributed by atoms with Gasteiger partial charge in [-0.2, -0.15) is 8.88 Å². The number of esters is 1. The molecule has 0 aliphatic heterocycles. The van der Waals surface area contributed by atoms with Crippen LogP contribution in [0.5, 0.6) is 0 Å². The van der Waals surface area contributed by atoms with Gasteiger partial charge in [0.15, 0.2) is 18.8 Å². The van der Waals surface area contributed by atoms with Crippen molar-refractivity contribution in [3.05, 3.63) is 33.7 Å². The molecule has 0 amide bonds. The molecule has 2 rings (SSSR count). The van der Waals surface area contributed by atoms with Crippen molar-refractivity contribution in [2.45, 2.75) is 26.8 Å². The maximum absolute atomic E-state index is 11.6. The predicted octanol–water partition coefficient (Wildman–Crippen LogP) is 0.385. The molecule has 0 fully saturated rings. The van der Waals surface area contributed by atoms with Crippen molar-refractivity contribution in [2.75, 3.05) is 18.9 Å². The topological polar surface area (TPSA) is 195 Å². The van der Waals surface area contributed by atoms with Gasteiger partial charge in [0.05, 0.1) is 17.0 Å². The van der Waals surface area contributed by atoms with E-state index in [9.17, 15) is 13.9 Å². The number of phosphoric ester groups is 1. The van der Waals surface area contributed by atoms with Crippen molar-refractivity contribution in [3.8, 4) is 0 Å². The molecular weight excluding hydrogens is 462 g/mol. The number of aromatic nitrogens is 3. The zero-order valence-electron chi connectivity index (χ0n) is 16.0. The van der Waals surface area contributed by atoms with Gasteiger partial charge in [-0.1, -0.05) is 11.3 Å². The number of thiazole rings is 1. The van der Waals surface area contributed by atoms with Gasteiger partial charge in [-0.3, -0.25) is 4.52 Å². The number of carbonyl (C=O) groups is 1. The van der Waals surface area contributed by atoms with Crippen LogP contribution in [0.15, 0.2) is 11.7 Å². The van der Waals surface area contributed by atoms with E-state index in [0.717, 1.165) is 16.1 Å². The Kier molecular flexibility index (Phi) is 8.20. The molecule has 0 spiro atoms. The Morgan fingerprint density at radius 1 is 1.30 bits per heavy atom. The number of aryl methyl sites for hydroxylation is 1. The summed E-state index contributed by atoms with van der Waals surface area (Å²) in [6.45, 7) is 3.08. The van der Waals surface area contributed by atoms with E-state index in [1.54, 1.807) is 13.1 Å². The second-order valence-electron chi connectivity index (χ2n) is 5.97. The van der Waals surface area contributed by atoms with Crippen LogP contribution in [0.25, 0.3) is 0 Å². The van der Waals surface area contributed by atoms with Gasteiger partial charge in [0.25, 0.3) is 0 Å². The number of rotatable bonds is 10. The maximum Gasteiger partial charge on any atom is 0.481 e. The molecule has 16 heteroatoms. The molecule has 0 saturated heterocycles. The van der Waals surface area contributed by atoms with Crippen molar-refractivity contribution in [1.82, 2.24) is 9.97 Å². The lowest BCUT2D eigenvalue weighted by molar-refractivity contribution is -0.689. The number of nitrogen functional groups attached to an aromatic ring is 1. The number of carbonyl (C=O) groups excluding carboxylic acids is 1. The molecule has 5 N–H and O–H groups in total. The lowest BCUT2D eigenvalue weighted by Gasteiger charge is -2.11. The van der Waals surface area contributed by atoms with Crippen molar-refractivity contribution in [3.63, 3.8) is 0 Å². The standard InChI is InChI=1S/C14H20N4O9P2S/c1-9-12(30-8-18(9)6-11-5-16-10(2)17-14(11)15)3-4-25-13(19)7-26-29(23,24)27-28(20,21)22/h5,8H,3-4,6-7H2,1-2H3,(H4-,15,16,17,20,21,22,23,24)/p+1. The summed E-state index contributed by atoms with van der Waals surface area (Å²) in [5.41, 5.74) is 9.50. The Morgan fingerprint density at radius 3 is 2.63 bits per heavy atom. The summed E-state index contributed by atoms with van der Waals surface area (Å²) in [6, 6.07) is 0. The molecule has 0 aliphatic rings. The average molecular weight is 483 g/mol. The maximum atomic E-state index is 11.6. The molecule has 0 bridgehead atoms. The van der Waals surface area contributed by atoms with E-state index in [4.69, 9.17) is 25.2 Å². The third kappa shape index (κ3) is 7.82. The molecule has 166 valence electrons. The van der Waals surface area contributed by atoms with Crippen LogP contribution in [0, 0.1) is 13.8 Å². The van der Waals surface area contributed by atoms with Gasteiger partial charge in [0, 0.05) is 19.5 Å². The van der Waals surface area contributed by atoms with Gasteiger partial charge in [0.1, 0.15) is 11.6 Å². The molecule has 2 aromatic rings. The molecule has 0 aliphatic carbocycles. The molecule has 2 heterocycles. The summed E-state index contributed by atoms with van der Waals surface area (Å²) in [4.78, 5) is 46.8. The fraction of sp³-hybridized carbons (Fsp3) is 0.429. The normalized spacial score (nSPS) is 13.8. The van der Waals surface area contributed by atoms with Crippen LogP contribution < -0.4 is 10.3 Å². The quantitative estimate of drug-likeness (QED) is 0.206. The Balaban J connectivity index is 1.83. The summed E-state index contributed by atoms with van der Waals surface area (Å²) < 4.78 is 36.4. The second kappa shape index (κ2) is 10.0. The lowest BCUT2D eigenvalue weighted by Crippen LogP contribution is -2.35. The SMILES string of the molecule is Cc1ncc(C[n+]2csc(CCOC(=O)COP(=O)(O)OP(=O)(O)O)c2C)c(N)n1. The highest BCUT2D eigenvalue weighted by Gasteiger charge is 2.33. The van der Waals surface area contributed by atoms with Gasteiger partial charge < -0.3 is 25.2 Å². The minimum Gasteiger partial charge on any atom is -0.464 e. The van der Waals surface area contributed by atoms with E-state index in [1.807, 2.05) is 17.0 Å². The fourth-order valence-corrected chi connectivity index (χ4v) is 4.77. The van der Waals surface area contributed by atoms with Crippen LogP contribution in [0.2, 0.25) is 0 Å². The monoisotopic (exact) mass is 483 g/mol. The predicted molar refractivity (Wildman–Crippen MR) is 103 cm³/mol. The fourth-order valence-electron chi connectivity index (χ4n) is 2.26. The number of nitrogens with zero attached hydrogens (tertiary/aromatic N) is 3. The summed E-state index contributed by atoms with van der Waals surface area (Å²) in [5, 5.41) is 0. The lowest BCUT2D eigenvalue weighted by atomic mass is 10.2. The smallest absolute Gasteiger partial charge is 0.464 e. The van der Waals surface area contributed by atoms with Crippen molar-refractivity contribution < 1.29 is 46.7 Å². The zero-order valence-corrected chi connectivity index (χ0v) is 18.6. The van der Waals surface area contributed by atoms with Crippen molar-refractivity contribution in [1.29, 1.82) is 0 Å². The Labute approximate surface area is 175 Å². The minimum atomic E-state index is -5.25. The summed E-state index contributed by atoms with van der Waals surface area (Å²) in [6.07, 6.45) is 2.05. The number of phosphoric acid groups is 2. The zero-order chi connectivity index (χ0) is 22.5. The van der Waals surface area contributed by atoms with E-state index in [2.05, 4.69) is 18.8 Å². The van der Waals surface area contributed by atoms with E-state index >= 15 is 0 Å². The van der Waals surface area contributed by atoms with Crippen LogP contribution in [0.3, 0.4) is 0 Å². The first-order chi connectivity index (χ1) is 13.9. The van der Waals surface area contributed by atoms with Gasteiger partial charge in [0.2, 0.25) is 5.51 Å². The molecule has 1 unspecified atom stereocenters. The average Bonchev–Trinajstić information content (AvgIpc) is 2.94. The Bertz CT molecular complexity index is 1010. The number of ether oxygens (including phenoxy) is 1. The largest absolute Gasteiger partial charge is 0.481 e. The first-order valence-electron chi connectivity index (χ1n) is 8.30. The molecule has 13 nitrogen and oxygen atoms in total. The minimum absolute atomic E-state index is 0.0333. The third-order valence-electron chi connectivity index (χ3n) is 3.66. The molecule has 0 radical (unpaired) electrons. The second-order valence-corrected chi connectivity index (χ2v) is 9.74. The van der Waals surface area contributed by atoms with E-state index in [0.29, 0.717) is 24.6 Å². The van der Waals surface area contributed by atoms with Crippen molar-refractivity contribution >= 4 is 38.8 Å². The first kappa shape index (κ1) is 24.5. The Morgan fingerprint density at radius 2 is 2.00 bits per heavy atom. The van der Waals surface area contributed by atoms with Gasteiger partial charge in [-0.05, 0) is 6.92 Å². The van der Waals surface area contributed by atoms with E-state index in [-0.39, 0.29) is 6.61 Å². The highest BCUT2D eigenvalue weighted by atomic mass is 32.1. The Hall–Kier alpha value is -1.76.